The minimum atomic E-state index is -1.03. The predicted octanol–water partition coefficient (Wildman–Crippen LogP) is 1.23. The first-order chi connectivity index (χ1) is 8.86. The average Bonchev–Trinajstić information content (AvgIpc) is 2.33. The molecule has 1 aromatic carbocycles. The van der Waals surface area contributed by atoms with Gasteiger partial charge in [-0.1, -0.05) is 0 Å². The lowest BCUT2D eigenvalue weighted by atomic mass is 10.1. The Morgan fingerprint density at radius 1 is 1.42 bits per heavy atom. The Kier molecular flexibility index (Phi) is 4.80. The second kappa shape index (κ2) is 6.12. The van der Waals surface area contributed by atoms with Gasteiger partial charge in [-0.2, -0.15) is 0 Å². The Labute approximate surface area is 108 Å². The van der Waals surface area contributed by atoms with Crippen LogP contribution in [0.5, 0.6) is 0 Å². The number of esters is 1. The van der Waals surface area contributed by atoms with Gasteiger partial charge in [0.25, 0.3) is 5.91 Å². The molecule has 0 aromatic heterocycles. The van der Waals surface area contributed by atoms with Gasteiger partial charge in [0.15, 0.2) is 5.82 Å². The molecule has 1 amide bonds. The summed E-state index contributed by atoms with van der Waals surface area (Å²) < 4.78 is 31.3. The van der Waals surface area contributed by atoms with Gasteiger partial charge in [-0.15, -0.1) is 0 Å². The lowest BCUT2D eigenvalue weighted by molar-refractivity contribution is -0.144. The van der Waals surface area contributed by atoms with Crippen molar-refractivity contribution in [3.05, 3.63) is 29.3 Å². The molecule has 0 saturated carbocycles. The Morgan fingerprint density at radius 2 is 2.05 bits per heavy atom. The van der Waals surface area contributed by atoms with Crippen LogP contribution in [-0.4, -0.2) is 24.5 Å². The third-order valence-electron chi connectivity index (χ3n) is 2.30. The van der Waals surface area contributed by atoms with Crippen LogP contribution in [-0.2, 0) is 9.53 Å². The molecule has 19 heavy (non-hydrogen) atoms. The Balaban J connectivity index is 2.87. The minimum Gasteiger partial charge on any atom is -0.464 e. The van der Waals surface area contributed by atoms with Crippen molar-refractivity contribution in [1.29, 1.82) is 0 Å². The van der Waals surface area contributed by atoms with Crippen LogP contribution >= 0.6 is 0 Å². The largest absolute Gasteiger partial charge is 0.464 e. The summed E-state index contributed by atoms with van der Waals surface area (Å²) in [5.74, 6) is -3.48. The number of halogens is 2. The fourth-order valence-electron chi connectivity index (χ4n) is 1.38. The molecule has 1 atom stereocenters. The molecule has 0 radical (unpaired) electrons. The molecule has 0 aliphatic heterocycles. The molecule has 0 aliphatic rings. The SMILES string of the molecule is CCOC(=O)C(C)NC(=O)c1cc(F)cc(N)c1F. The number of hydrogen-bond donors (Lipinski definition) is 2. The van der Waals surface area contributed by atoms with Gasteiger partial charge in [0.2, 0.25) is 0 Å². The number of nitrogens with two attached hydrogens (primary N) is 1. The molecule has 0 heterocycles. The topological polar surface area (TPSA) is 81.4 Å². The summed E-state index contributed by atoms with van der Waals surface area (Å²) in [7, 11) is 0. The van der Waals surface area contributed by atoms with Gasteiger partial charge in [-0.25, -0.2) is 13.6 Å². The van der Waals surface area contributed by atoms with Crippen molar-refractivity contribution in [2.75, 3.05) is 12.3 Å². The fourth-order valence-corrected chi connectivity index (χ4v) is 1.38. The van der Waals surface area contributed by atoms with E-state index in [-0.39, 0.29) is 6.61 Å². The number of hydrogen-bond acceptors (Lipinski definition) is 4. The molecular formula is C12H14F2N2O3. The quantitative estimate of drug-likeness (QED) is 0.638. The number of carbonyl (C=O) groups is 2. The van der Waals surface area contributed by atoms with Crippen molar-refractivity contribution in [3.63, 3.8) is 0 Å². The molecule has 0 fully saturated rings. The highest BCUT2D eigenvalue weighted by atomic mass is 19.1. The monoisotopic (exact) mass is 272 g/mol. The molecule has 1 aromatic rings. The lowest BCUT2D eigenvalue weighted by Crippen LogP contribution is -2.40. The normalized spacial score (nSPS) is 11.8. The summed E-state index contributed by atoms with van der Waals surface area (Å²) in [6, 6.07) is 0.496. The summed E-state index contributed by atoms with van der Waals surface area (Å²) in [5.41, 5.74) is 4.17. The highest BCUT2D eigenvalue weighted by Gasteiger charge is 2.21. The lowest BCUT2D eigenvalue weighted by Gasteiger charge is -2.13. The van der Waals surface area contributed by atoms with Crippen molar-refractivity contribution in [1.82, 2.24) is 5.32 Å². The molecule has 5 nitrogen and oxygen atoms in total. The first-order valence-corrected chi connectivity index (χ1v) is 5.58. The summed E-state index contributed by atoms with van der Waals surface area (Å²) in [4.78, 5) is 23.0. The van der Waals surface area contributed by atoms with E-state index >= 15 is 0 Å². The number of benzene rings is 1. The van der Waals surface area contributed by atoms with Crippen molar-refractivity contribution in [2.24, 2.45) is 0 Å². The van der Waals surface area contributed by atoms with E-state index in [1.807, 2.05) is 0 Å². The van der Waals surface area contributed by atoms with Crippen LogP contribution < -0.4 is 11.1 Å². The molecule has 1 rings (SSSR count). The number of ether oxygens (including phenoxy) is 1. The molecule has 0 spiro atoms. The third-order valence-corrected chi connectivity index (χ3v) is 2.30. The van der Waals surface area contributed by atoms with Crippen molar-refractivity contribution >= 4 is 17.6 Å². The highest BCUT2D eigenvalue weighted by molar-refractivity contribution is 5.97. The van der Waals surface area contributed by atoms with E-state index in [9.17, 15) is 18.4 Å². The van der Waals surface area contributed by atoms with Crippen LogP contribution in [0.25, 0.3) is 0 Å². The molecule has 0 bridgehead atoms. The summed E-state index contributed by atoms with van der Waals surface area (Å²) in [5, 5.41) is 2.20. The van der Waals surface area contributed by atoms with E-state index < -0.39 is 40.8 Å². The Hall–Kier alpha value is -2.18. The van der Waals surface area contributed by atoms with Crippen molar-refractivity contribution in [3.8, 4) is 0 Å². The standard InChI is InChI=1S/C12H14F2N2O3/c1-3-19-12(18)6(2)16-11(17)8-4-7(13)5-9(15)10(8)14/h4-6H,3,15H2,1-2H3,(H,16,17). The molecular weight excluding hydrogens is 258 g/mol. The smallest absolute Gasteiger partial charge is 0.328 e. The van der Waals surface area contributed by atoms with Crippen LogP contribution in [0.4, 0.5) is 14.5 Å². The third kappa shape index (κ3) is 3.64. The first kappa shape index (κ1) is 14.9. The van der Waals surface area contributed by atoms with Gasteiger partial charge in [-0.05, 0) is 26.0 Å². The van der Waals surface area contributed by atoms with Gasteiger partial charge in [0.1, 0.15) is 11.9 Å². The number of amides is 1. The first-order valence-electron chi connectivity index (χ1n) is 5.58. The molecule has 3 N–H and O–H groups in total. The van der Waals surface area contributed by atoms with Crippen LogP contribution in [0, 0.1) is 11.6 Å². The van der Waals surface area contributed by atoms with Gasteiger partial charge in [0.05, 0.1) is 17.9 Å². The Bertz CT molecular complexity index is 506. The maximum absolute atomic E-state index is 13.6. The zero-order valence-electron chi connectivity index (χ0n) is 10.5. The zero-order chi connectivity index (χ0) is 14.6. The molecule has 0 aliphatic carbocycles. The number of carbonyl (C=O) groups excluding carboxylic acids is 2. The van der Waals surface area contributed by atoms with Gasteiger partial charge in [0, 0.05) is 0 Å². The second-order valence-corrected chi connectivity index (χ2v) is 3.80. The molecule has 104 valence electrons. The van der Waals surface area contributed by atoms with E-state index in [0.717, 1.165) is 6.07 Å². The highest BCUT2D eigenvalue weighted by Crippen LogP contribution is 2.17. The predicted molar refractivity (Wildman–Crippen MR) is 64.3 cm³/mol. The van der Waals surface area contributed by atoms with Crippen LogP contribution in [0.3, 0.4) is 0 Å². The number of anilines is 1. The van der Waals surface area contributed by atoms with E-state index in [2.05, 4.69) is 10.1 Å². The van der Waals surface area contributed by atoms with Crippen molar-refractivity contribution in [2.45, 2.75) is 19.9 Å². The summed E-state index contributed by atoms with van der Waals surface area (Å²) in [6.45, 7) is 3.14. The zero-order valence-corrected chi connectivity index (χ0v) is 10.5. The van der Waals surface area contributed by atoms with Crippen LogP contribution in [0.1, 0.15) is 24.2 Å². The number of rotatable bonds is 4. The second-order valence-electron chi connectivity index (χ2n) is 3.80. The maximum atomic E-state index is 13.6. The van der Waals surface area contributed by atoms with E-state index in [1.54, 1.807) is 6.92 Å². The average molecular weight is 272 g/mol. The number of nitrogens with one attached hydrogen (secondary N) is 1. The summed E-state index contributed by atoms with van der Waals surface area (Å²) in [6.07, 6.45) is 0. The van der Waals surface area contributed by atoms with E-state index in [4.69, 9.17) is 5.73 Å². The fraction of sp³-hybridized carbons (Fsp3) is 0.333. The number of nitrogen functional groups attached to an aromatic ring is 1. The minimum absolute atomic E-state index is 0.153. The van der Waals surface area contributed by atoms with Gasteiger partial charge < -0.3 is 15.8 Å². The summed E-state index contributed by atoms with van der Waals surface area (Å²) >= 11 is 0. The Morgan fingerprint density at radius 3 is 2.63 bits per heavy atom. The van der Waals surface area contributed by atoms with Crippen LogP contribution in [0.2, 0.25) is 0 Å². The van der Waals surface area contributed by atoms with Gasteiger partial charge >= 0.3 is 5.97 Å². The van der Waals surface area contributed by atoms with E-state index in [1.165, 1.54) is 6.92 Å². The molecule has 7 heteroatoms. The maximum Gasteiger partial charge on any atom is 0.328 e. The van der Waals surface area contributed by atoms with E-state index in [0.29, 0.717) is 6.07 Å². The molecule has 1 unspecified atom stereocenters. The van der Waals surface area contributed by atoms with Crippen LogP contribution in [0.15, 0.2) is 12.1 Å². The molecule has 0 saturated heterocycles. The van der Waals surface area contributed by atoms with Crippen molar-refractivity contribution < 1.29 is 23.1 Å². The van der Waals surface area contributed by atoms with Gasteiger partial charge in [-0.3, -0.25) is 4.79 Å².